The van der Waals surface area contributed by atoms with Gasteiger partial charge in [-0.1, -0.05) is 0 Å². The summed E-state index contributed by atoms with van der Waals surface area (Å²) >= 11 is 0. The van der Waals surface area contributed by atoms with Gasteiger partial charge in [-0.25, -0.2) is 17.6 Å². The summed E-state index contributed by atoms with van der Waals surface area (Å²) in [5, 5.41) is 3.14. The molecule has 3 heterocycles. The van der Waals surface area contributed by atoms with Crippen LogP contribution in [0, 0.1) is 11.6 Å². The number of halogens is 4. The largest absolute Gasteiger partial charge is 0.489 e. The van der Waals surface area contributed by atoms with Crippen molar-refractivity contribution in [2.45, 2.75) is 50.8 Å². The van der Waals surface area contributed by atoms with E-state index in [2.05, 4.69) is 5.32 Å². The van der Waals surface area contributed by atoms with Crippen LogP contribution in [0.25, 0.3) is 0 Å². The highest BCUT2D eigenvalue weighted by atomic mass is 19.3. The van der Waals surface area contributed by atoms with Gasteiger partial charge in [0.2, 0.25) is 6.79 Å². The number of fused-ring (bicyclic) bond motifs is 2. The molecule has 0 aromatic heterocycles. The molecule has 3 atom stereocenters. The maximum atomic E-state index is 15.5. The van der Waals surface area contributed by atoms with Crippen LogP contribution in [0.15, 0.2) is 24.3 Å². The van der Waals surface area contributed by atoms with Gasteiger partial charge in [-0.2, -0.15) is 0 Å². The minimum absolute atomic E-state index is 0.0416. The summed E-state index contributed by atoms with van der Waals surface area (Å²) in [6.45, 7) is 3.38. The van der Waals surface area contributed by atoms with Gasteiger partial charge >= 0.3 is 0 Å². The van der Waals surface area contributed by atoms with Gasteiger partial charge in [-0.15, -0.1) is 0 Å². The first-order valence-corrected chi connectivity index (χ1v) is 11.1. The van der Waals surface area contributed by atoms with E-state index in [4.69, 9.17) is 14.2 Å². The number of nitrogens with zero attached hydrogens (tertiary/aromatic N) is 1. The van der Waals surface area contributed by atoms with Crippen molar-refractivity contribution in [1.82, 2.24) is 10.2 Å². The van der Waals surface area contributed by atoms with Crippen LogP contribution < -0.4 is 19.5 Å². The summed E-state index contributed by atoms with van der Waals surface area (Å²) in [5.41, 5.74) is 1.06. The van der Waals surface area contributed by atoms with E-state index in [0.717, 1.165) is 37.6 Å². The molecular formula is C24H26F4N2O3. The number of hydrogen-bond acceptors (Lipinski definition) is 5. The summed E-state index contributed by atoms with van der Waals surface area (Å²) in [7, 11) is 0. The van der Waals surface area contributed by atoms with Crippen molar-refractivity contribution in [3.05, 3.63) is 52.6 Å². The minimum Gasteiger partial charge on any atom is -0.489 e. The Morgan fingerprint density at radius 2 is 1.82 bits per heavy atom. The fourth-order valence-electron chi connectivity index (χ4n) is 5.00. The van der Waals surface area contributed by atoms with E-state index >= 15 is 8.78 Å². The van der Waals surface area contributed by atoms with Crippen molar-refractivity contribution < 1.29 is 31.8 Å². The second-order valence-corrected chi connectivity index (χ2v) is 9.14. The van der Waals surface area contributed by atoms with Crippen molar-refractivity contribution in [2.75, 3.05) is 26.4 Å². The monoisotopic (exact) mass is 466 g/mol. The van der Waals surface area contributed by atoms with Gasteiger partial charge in [0.1, 0.15) is 23.5 Å². The lowest BCUT2D eigenvalue weighted by atomic mass is 9.84. The van der Waals surface area contributed by atoms with Gasteiger partial charge in [-0.3, -0.25) is 4.90 Å². The number of hydrogen-bond donors (Lipinski definition) is 1. The Morgan fingerprint density at radius 1 is 1.12 bits per heavy atom. The molecule has 0 saturated carbocycles. The molecule has 1 fully saturated rings. The molecule has 0 spiro atoms. The Hall–Kier alpha value is -2.52. The maximum Gasteiger partial charge on any atom is 0.257 e. The average molecular weight is 466 g/mol. The zero-order valence-electron chi connectivity index (χ0n) is 18.5. The van der Waals surface area contributed by atoms with Gasteiger partial charge < -0.3 is 19.5 Å². The highest BCUT2D eigenvalue weighted by Crippen LogP contribution is 2.46. The molecule has 3 aliphatic heterocycles. The molecule has 9 heteroatoms. The number of alkyl halides is 2. The molecule has 0 bridgehead atoms. The molecule has 0 radical (unpaired) electrons. The quantitative estimate of drug-likeness (QED) is 0.661. The molecule has 2 aromatic rings. The van der Waals surface area contributed by atoms with Crippen molar-refractivity contribution in [2.24, 2.45) is 0 Å². The third-order valence-electron chi connectivity index (χ3n) is 6.45. The van der Waals surface area contributed by atoms with E-state index in [1.165, 1.54) is 4.90 Å². The highest BCUT2D eigenvalue weighted by molar-refractivity contribution is 5.53. The van der Waals surface area contributed by atoms with Crippen molar-refractivity contribution in [1.29, 1.82) is 0 Å². The molecule has 33 heavy (non-hydrogen) atoms. The maximum absolute atomic E-state index is 15.5. The van der Waals surface area contributed by atoms with Gasteiger partial charge in [0.05, 0.1) is 12.6 Å². The molecule has 1 N–H and O–H groups in total. The second kappa shape index (κ2) is 8.36. The predicted octanol–water partition coefficient (Wildman–Crippen LogP) is 4.43. The molecule has 0 aliphatic carbocycles. The fraction of sp³-hybridized carbons (Fsp3) is 0.500. The van der Waals surface area contributed by atoms with Crippen LogP contribution in [-0.4, -0.2) is 49.4 Å². The number of ether oxygens (including phenoxy) is 3. The summed E-state index contributed by atoms with van der Waals surface area (Å²) < 4.78 is 75.9. The van der Waals surface area contributed by atoms with Crippen LogP contribution in [0.3, 0.4) is 0 Å². The van der Waals surface area contributed by atoms with Crippen LogP contribution in [0.5, 0.6) is 17.2 Å². The van der Waals surface area contributed by atoms with Gasteiger partial charge in [0.25, 0.3) is 5.92 Å². The zero-order chi connectivity index (χ0) is 23.3. The van der Waals surface area contributed by atoms with Crippen LogP contribution in [-0.2, 0) is 6.42 Å². The normalized spacial score (nSPS) is 24.7. The van der Waals surface area contributed by atoms with E-state index in [0.29, 0.717) is 30.0 Å². The van der Waals surface area contributed by atoms with E-state index in [9.17, 15) is 8.78 Å². The first-order valence-electron chi connectivity index (χ1n) is 11.1. The average Bonchev–Trinajstić information content (AvgIpc) is 3.39. The Morgan fingerprint density at radius 3 is 2.45 bits per heavy atom. The Kier molecular flexibility index (Phi) is 5.64. The Balaban J connectivity index is 1.60. The Labute approximate surface area is 189 Å². The first kappa shape index (κ1) is 22.3. The van der Waals surface area contributed by atoms with Gasteiger partial charge in [0, 0.05) is 37.2 Å². The van der Waals surface area contributed by atoms with Crippen LogP contribution >= 0.6 is 0 Å². The smallest absolute Gasteiger partial charge is 0.257 e. The number of nitrogens with one attached hydrogen (secondary N) is 1. The zero-order valence-corrected chi connectivity index (χ0v) is 18.5. The Bertz CT molecular complexity index is 1030. The third kappa shape index (κ3) is 4.36. The summed E-state index contributed by atoms with van der Waals surface area (Å²) in [6, 6.07) is 4.29. The minimum atomic E-state index is -3.05. The van der Waals surface area contributed by atoms with E-state index in [-0.39, 0.29) is 30.3 Å². The predicted molar refractivity (Wildman–Crippen MR) is 113 cm³/mol. The molecule has 0 unspecified atom stereocenters. The number of benzene rings is 2. The van der Waals surface area contributed by atoms with Crippen molar-refractivity contribution in [3.63, 3.8) is 0 Å². The van der Waals surface area contributed by atoms with Crippen molar-refractivity contribution in [3.8, 4) is 17.2 Å². The van der Waals surface area contributed by atoms with E-state index < -0.39 is 30.1 Å². The molecule has 1 saturated heterocycles. The molecule has 5 nitrogen and oxygen atoms in total. The van der Waals surface area contributed by atoms with Crippen LogP contribution in [0.2, 0.25) is 0 Å². The topological polar surface area (TPSA) is 43.0 Å². The van der Waals surface area contributed by atoms with E-state index in [1.807, 2.05) is 0 Å². The van der Waals surface area contributed by atoms with Crippen molar-refractivity contribution >= 4 is 0 Å². The van der Waals surface area contributed by atoms with Gasteiger partial charge in [-0.05, 0) is 49.6 Å². The molecular weight excluding hydrogens is 440 g/mol. The summed E-state index contributed by atoms with van der Waals surface area (Å²) in [4.78, 5) is 1.47. The lowest BCUT2D eigenvalue weighted by Crippen LogP contribution is -2.47. The lowest BCUT2D eigenvalue weighted by Gasteiger charge is -2.43. The standard InChI is InChI=1S/C24H26F4N2O3/c1-13-5-14-6-20-21(32-12-31-20)9-17(14)23(30(13)11-24(2,27)28)22-18(25)7-16(8-19(22)26)33-15-3-4-29-10-15/h6-9,13,15,23,29H,3-5,10-12H2,1-2H3/t13-,15+,23+/m1/s1. The molecule has 3 aliphatic rings. The second-order valence-electron chi connectivity index (χ2n) is 9.14. The first-order chi connectivity index (χ1) is 15.7. The highest BCUT2D eigenvalue weighted by Gasteiger charge is 2.41. The van der Waals surface area contributed by atoms with E-state index in [1.54, 1.807) is 19.1 Å². The molecule has 5 rings (SSSR count). The fourth-order valence-corrected chi connectivity index (χ4v) is 5.00. The van der Waals surface area contributed by atoms with Crippen LogP contribution in [0.1, 0.15) is 43.0 Å². The lowest BCUT2D eigenvalue weighted by molar-refractivity contribution is -0.0371. The number of rotatable bonds is 5. The summed E-state index contributed by atoms with van der Waals surface area (Å²) in [5.74, 6) is -3.64. The molecule has 2 aromatic carbocycles. The SMILES string of the molecule is C[C@@H]1Cc2cc3c(cc2[C@@H](c2c(F)cc(O[C@H]4CCNC4)cc2F)N1CC(C)(F)F)OCO3. The molecule has 0 amide bonds. The molecule has 178 valence electrons. The van der Waals surface area contributed by atoms with Gasteiger partial charge in [0.15, 0.2) is 11.5 Å². The third-order valence-corrected chi connectivity index (χ3v) is 6.45. The summed E-state index contributed by atoms with van der Waals surface area (Å²) in [6.07, 6.45) is 1.02. The van der Waals surface area contributed by atoms with Crippen LogP contribution in [0.4, 0.5) is 17.6 Å².